The number of nitrogens with zero attached hydrogens (tertiary/aromatic N) is 3. The highest BCUT2D eigenvalue weighted by molar-refractivity contribution is 5.95. The van der Waals surface area contributed by atoms with Gasteiger partial charge < -0.3 is 10.6 Å². The van der Waals surface area contributed by atoms with E-state index in [0.29, 0.717) is 17.9 Å². The number of anilines is 1. The summed E-state index contributed by atoms with van der Waals surface area (Å²) in [6, 6.07) is 22.4. The number of hydrogen-bond acceptors (Lipinski definition) is 5. The van der Waals surface area contributed by atoms with E-state index in [1.54, 1.807) is 24.7 Å². The van der Waals surface area contributed by atoms with Gasteiger partial charge in [0.25, 0.3) is 0 Å². The van der Waals surface area contributed by atoms with Gasteiger partial charge in [-0.25, -0.2) is 4.98 Å². The Hall–Kier alpha value is -4.28. The molecule has 7 nitrogen and oxygen atoms in total. The molecule has 164 valence electrons. The minimum absolute atomic E-state index is 0.157. The first-order valence-corrected chi connectivity index (χ1v) is 10.7. The van der Waals surface area contributed by atoms with Gasteiger partial charge in [0, 0.05) is 30.1 Å². The second-order valence-electron chi connectivity index (χ2n) is 7.80. The van der Waals surface area contributed by atoms with Gasteiger partial charge in [0.15, 0.2) is 0 Å². The van der Waals surface area contributed by atoms with E-state index in [-0.39, 0.29) is 11.8 Å². The molecule has 0 saturated heterocycles. The zero-order chi connectivity index (χ0) is 23.0. The number of amides is 1. The third-order valence-corrected chi connectivity index (χ3v) is 5.48. The van der Waals surface area contributed by atoms with E-state index < -0.39 is 6.04 Å². The molecule has 4 rings (SSSR count). The summed E-state index contributed by atoms with van der Waals surface area (Å²) >= 11 is 0. The van der Waals surface area contributed by atoms with E-state index >= 15 is 0 Å². The van der Waals surface area contributed by atoms with Gasteiger partial charge in [-0.3, -0.25) is 9.89 Å². The van der Waals surface area contributed by atoms with Crippen LogP contribution in [-0.4, -0.2) is 27.6 Å². The minimum atomic E-state index is -0.539. The standard InChI is InChI=1S/C26H24N6O/c1-18(20-9-7-19(13-27)8-10-20)14-29-25(21-5-3-2-4-6-21)26(33)32-24-12-11-22(15-28-24)23-16-30-31-17-23/h2-12,15-18,25,29H,14H2,1H3,(H,30,31)(H,28,32,33)/t18?,25-/m0/s1. The lowest BCUT2D eigenvalue weighted by Gasteiger charge is -2.21. The van der Waals surface area contributed by atoms with E-state index in [4.69, 9.17) is 5.26 Å². The molecule has 0 aliphatic rings. The number of H-pyrrole nitrogens is 1. The Morgan fingerprint density at radius 2 is 1.79 bits per heavy atom. The molecule has 1 amide bonds. The molecular weight excluding hydrogens is 412 g/mol. The van der Waals surface area contributed by atoms with Crippen LogP contribution in [0.3, 0.4) is 0 Å². The lowest BCUT2D eigenvalue weighted by atomic mass is 9.98. The molecule has 2 aromatic carbocycles. The maximum Gasteiger partial charge on any atom is 0.247 e. The predicted molar refractivity (Wildman–Crippen MR) is 127 cm³/mol. The van der Waals surface area contributed by atoms with Gasteiger partial charge in [0.05, 0.1) is 17.8 Å². The Balaban J connectivity index is 1.46. The molecule has 2 heterocycles. The number of nitrogens with one attached hydrogen (secondary N) is 3. The topological polar surface area (TPSA) is 106 Å². The Bertz CT molecular complexity index is 1210. The van der Waals surface area contributed by atoms with Gasteiger partial charge in [-0.1, -0.05) is 49.4 Å². The fraction of sp³-hybridized carbons (Fsp3) is 0.154. The number of hydrogen-bond donors (Lipinski definition) is 3. The highest BCUT2D eigenvalue weighted by Gasteiger charge is 2.21. The first-order valence-electron chi connectivity index (χ1n) is 10.7. The van der Waals surface area contributed by atoms with Gasteiger partial charge in [0.2, 0.25) is 5.91 Å². The third kappa shape index (κ3) is 5.50. The maximum absolute atomic E-state index is 13.2. The summed E-state index contributed by atoms with van der Waals surface area (Å²) in [4.78, 5) is 17.6. The molecule has 0 saturated carbocycles. The van der Waals surface area contributed by atoms with E-state index in [1.165, 1.54) is 0 Å². The second-order valence-corrected chi connectivity index (χ2v) is 7.80. The molecule has 2 aromatic heterocycles. The highest BCUT2D eigenvalue weighted by atomic mass is 16.2. The molecular formula is C26H24N6O. The molecule has 0 aliphatic heterocycles. The van der Waals surface area contributed by atoms with Gasteiger partial charge in [0.1, 0.15) is 11.9 Å². The number of carbonyl (C=O) groups is 1. The van der Waals surface area contributed by atoms with Crippen molar-refractivity contribution in [1.82, 2.24) is 20.5 Å². The molecule has 0 fully saturated rings. The number of pyridine rings is 1. The molecule has 33 heavy (non-hydrogen) atoms. The first-order chi connectivity index (χ1) is 16.1. The van der Waals surface area contributed by atoms with Crippen LogP contribution in [0.4, 0.5) is 5.82 Å². The van der Waals surface area contributed by atoms with Crippen molar-refractivity contribution in [3.8, 4) is 17.2 Å². The summed E-state index contributed by atoms with van der Waals surface area (Å²) in [7, 11) is 0. The molecule has 0 spiro atoms. The van der Waals surface area contributed by atoms with Crippen molar-refractivity contribution in [2.45, 2.75) is 18.9 Å². The lowest BCUT2D eigenvalue weighted by molar-refractivity contribution is -0.118. The van der Waals surface area contributed by atoms with Crippen molar-refractivity contribution in [1.29, 1.82) is 5.26 Å². The zero-order valence-electron chi connectivity index (χ0n) is 18.2. The first kappa shape index (κ1) is 21.9. The largest absolute Gasteiger partial charge is 0.309 e. The summed E-state index contributed by atoms with van der Waals surface area (Å²) in [5.74, 6) is 0.455. The van der Waals surface area contributed by atoms with Crippen LogP contribution in [0.2, 0.25) is 0 Å². The molecule has 4 aromatic rings. The van der Waals surface area contributed by atoms with Crippen LogP contribution in [0, 0.1) is 11.3 Å². The van der Waals surface area contributed by atoms with Gasteiger partial charge in [-0.05, 0) is 41.3 Å². The third-order valence-electron chi connectivity index (χ3n) is 5.48. The summed E-state index contributed by atoms with van der Waals surface area (Å²) < 4.78 is 0. The Kier molecular flexibility index (Phi) is 6.88. The SMILES string of the molecule is CC(CN[C@H](C(=O)Nc1ccc(-c2cn[nH]c2)cn1)c1ccccc1)c1ccc(C#N)cc1. The van der Waals surface area contributed by atoms with Crippen LogP contribution >= 0.6 is 0 Å². The number of aromatic amines is 1. The fourth-order valence-electron chi connectivity index (χ4n) is 3.55. The summed E-state index contributed by atoms with van der Waals surface area (Å²) in [6.07, 6.45) is 5.22. The number of nitriles is 1. The molecule has 7 heteroatoms. The van der Waals surface area contributed by atoms with Crippen LogP contribution in [-0.2, 0) is 4.79 Å². The van der Waals surface area contributed by atoms with Gasteiger partial charge in [-0.15, -0.1) is 0 Å². The van der Waals surface area contributed by atoms with E-state index in [0.717, 1.165) is 22.3 Å². The highest BCUT2D eigenvalue weighted by Crippen LogP contribution is 2.21. The van der Waals surface area contributed by atoms with Crippen molar-refractivity contribution >= 4 is 11.7 Å². The molecule has 0 radical (unpaired) electrons. The monoisotopic (exact) mass is 436 g/mol. The molecule has 2 atom stereocenters. The normalized spacial score (nSPS) is 12.5. The summed E-state index contributed by atoms with van der Waals surface area (Å²) in [5.41, 5.74) is 4.45. The predicted octanol–water partition coefficient (Wildman–Crippen LogP) is 4.42. The van der Waals surface area contributed by atoms with Crippen molar-refractivity contribution in [3.63, 3.8) is 0 Å². The Labute approximate surface area is 192 Å². The number of rotatable bonds is 8. The zero-order valence-corrected chi connectivity index (χ0v) is 18.2. The van der Waals surface area contributed by atoms with Gasteiger partial charge in [-0.2, -0.15) is 10.4 Å². The molecule has 1 unspecified atom stereocenters. The molecule has 0 aliphatic carbocycles. The van der Waals surface area contributed by atoms with Crippen LogP contribution in [0.15, 0.2) is 85.3 Å². The fourth-order valence-corrected chi connectivity index (χ4v) is 3.55. The molecule has 0 bridgehead atoms. The van der Waals surface area contributed by atoms with E-state index in [2.05, 4.69) is 38.8 Å². The van der Waals surface area contributed by atoms with Crippen LogP contribution in [0.5, 0.6) is 0 Å². The Morgan fingerprint density at radius 1 is 1.00 bits per heavy atom. The van der Waals surface area contributed by atoms with Crippen LogP contribution in [0.25, 0.3) is 11.1 Å². The van der Waals surface area contributed by atoms with Crippen molar-refractivity contribution in [3.05, 3.63) is 102 Å². The maximum atomic E-state index is 13.2. The van der Waals surface area contributed by atoms with E-state index in [1.807, 2.05) is 60.7 Å². The van der Waals surface area contributed by atoms with Crippen LogP contribution in [0.1, 0.15) is 35.6 Å². The molecule has 3 N–H and O–H groups in total. The average molecular weight is 437 g/mol. The van der Waals surface area contributed by atoms with E-state index in [9.17, 15) is 4.79 Å². The van der Waals surface area contributed by atoms with Crippen molar-refractivity contribution in [2.75, 3.05) is 11.9 Å². The van der Waals surface area contributed by atoms with Crippen molar-refractivity contribution < 1.29 is 4.79 Å². The van der Waals surface area contributed by atoms with Crippen molar-refractivity contribution in [2.24, 2.45) is 0 Å². The van der Waals surface area contributed by atoms with Crippen LogP contribution < -0.4 is 10.6 Å². The number of benzene rings is 2. The summed E-state index contributed by atoms with van der Waals surface area (Å²) in [5, 5.41) is 22.0. The second kappa shape index (κ2) is 10.4. The number of carbonyl (C=O) groups excluding carboxylic acids is 1. The average Bonchev–Trinajstić information content (AvgIpc) is 3.40. The quantitative estimate of drug-likeness (QED) is 0.379. The lowest BCUT2D eigenvalue weighted by Crippen LogP contribution is -2.35. The Morgan fingerprint density at radius 3 is 2.42 bits per heavy atom. The minimum Gasteiger partial charge on any atom is -0.309 e. The number of aromatic nitrogens is 3. The van der Waals surface area contributed by atoms with Gasteiger partial charge >= 0.3 is 0 Å². The smallest absolute Gasteiger partial charge is 0.247 e. The summed E-state index contributed by atoms with van der Waals surface area (Å²) in [6.45, 7) is 2.68.